The lowest BCUT2D eigenvalue weighted by Gasteiger charge is -2.12. The molecule has 0 atom stereocenters. The topological polar surface area (TPSA) is 79.0 Å². The fourth-order valence-electron chi connectivity index (χ4n) is 1.96. The van der Waals surface area contributed by atoms with Gasteiger partial charge in [-0.1, -0.05) is 0 Å². The maximum absolute atomic E-state index is 12.1. The van der Waals surface area contributed by atoms with Crippen LogP contribution in [0.25, 0.3) is 0 Å². The fraction of sp³-hybridized carbons (Fsp3) is 0.167. The monoisotopic (exact) mass is 242 g/mol. The van der Waals surface area contributed by atoms with E-state index in [0.717, 1.165) is 11.3 Å². The first-order valence-electron chi connectivity index (χ1n) is 5.48. The van der Waals surface area contributed by atoms with Crippen molar-refractivity contribution < 1.29 is 9.59 Å². The second-order valence-electron chi connectivity index (χ2n) is 4.12. The van der Waals surface area contributed by atoms with Crippen LogP contribution in [0.5, 0.6) is 0 Å². The molecule has 0 unspecified atom stereocenters. The molecule has 6 heteroatoms. The first-order valence-corrected chi connectivity index (χ1v) is 5.48. The molecular weight excluding hydrogens is 232 g/mol. The number of hydrogen-bond donors (Lipinski definition) is 1. The van der Waals surface area contributed by atoms with Crippen LogP contribution in [0, 0.1) is 6.92 Å². The van der Waals surface area contributed by atoms with Gasteiger partial charge in [-0.15, -0.1) is 0 Å². The van der Waals surface area contributed by atoms with Crippen LogP contribution in [0.15, 0.2) is 24.5 Å². The Labute approximate surface area is 103 Å². The van der Waals surface area contributed by atoms with Crippen LogP contribution in [0.4, 0.5) is 0 Å². The summed E-state index contributed by atoms with van der Waals surface area (Å²) in [4.78, 5) is 29.3. The number of rotatable bonds is 2. The van der Waals surface area contributed by atoms with Gasteiger partial charge in [-0.3, -0.25) is 24.6 Å². The Kier molecular flexibility index (Phi) is 2.22. The number of carbonyl (C=O) groups is 2. The Hall–Kier alpha value is -2.50. The van der Waals surface area contributed by atoms with Crippen LogP contribution in [0.2, 0.25) is 0 Å². The molecule has 2 amide bonds. The van der Waals surface area contributed by atoms with Gasteiger partial charge in [-0.25, -0.2) is 0 Å². The van der Waals surface area contributed by atoms with Gasteiger partial charge in [0, 0.05) is 17.5 Å². The molecule has 2 aromatic heterocycles. The number of aryl methyl sites for hydroxylation is 1. The average Bonchev–Trinajstić information content (AvgIpc) is 2.89. The number of pyridine rings is 1. The van der Waals surface area contributed by atoms with E-state index in [0.29, 0.717) is 5.56 Å². The van der Waals surface area contributed by atoms with Crippen LogP contribution in [-0.2, 0) is 6.54 Å². The van der Waals surface area contributed by atoms with Crippen molar-refractivity contribution in [3.63, 3.8) is 0 Å². The van der Waals surface area contributed by atoms with Gasteiger partial charge in [0.05, 0.1) is 18.3 Å². The minimum atomic E-state index is -0.351. The number of aromatic amines is 1. The zero-order valence-electron chi connectivity index (χ0n) is 9.67. The minimum Gasteiger partial charge on any atom is -0.283 e. The van der Waals surface area contributed by atoms with Crippen molar-refractivity contribution in [2.75, 3.05) is 0 Å². The first-order chi connectivity index (χ1) is 8.68. The summed E-state index contributed by atoms with van der Waals surface area (Å²) in [6, 6.07) is 3.27. The third kappa shape index (κ3) is 1.42. The average molecular weight is 242 g/mol. The van der Waals surface area contributed by atoms with E-state index in [9.17, 15) is 9.59 Å². The zero-order chi connectivity index (χ0) is 12.7. The van der Waals surface area contributed by atoms with Gasteiger partial charge in [0.15, 0.2) is 0 Å². The van der Waals surface area contributed by atoms with E-state index in [2.05, 4.69) is 15.2 Å². The second kappa shape index (κ2) is 3.76. The highest BCUT2D eigenvalue weighted by atomic mass is 16.2. The van der Waals surface area contributed by atoms with E-state index in [1.807, 2.05) is 6.92 Å². The van der Waals surface area contributed by atoms with Gasteiger partial charge in [-0.2, -0.15) is 5.10 Å². The third-order valence-corrected chi connectivity index (χ3v) is 2.99. The highest BCUT2D eigenvalue weighted by Gasteiger charge is 2.36. The van der Waals surface area contributed by atoms with Gasteiger partial charge < -0.3 is 0 Å². The predicted molar refractivity (Wildman–Crippen MR) is 61.8 cm³/mol. The molecule has 3 heterocycles. The molecule has 0 saturated carbocycles. The first kappa shape index (κ1) is 10.6. The van der Waals surface area contributed by atoms with Gasteiger partial charge in [-0.05, 0) is 19.1 Å². The molecule has 0 radical (unpaired) electrons. The van der Waals surface area contributed by atoms with Crippen LogP contribution < -0.4 is 0 Å². The molecule has 0 saturated heterocycles. The second-order valence-corrected chi connectivity index (χ2v) is 4.12. The molecule has 0 aliphatic carbocycles. The number of carbonyl (C=O) groups excluding carboxylic acids is 2. The Bertz CT molecular complexity index is 612. The molecule has 1 N–H and O–H groups in total. The molecule has 18 heavy (non-hydrogen) atoms. The van der Waals surface area contributed by atoms with E-state index in [-0.39, 0.29) is 24.1 Å². The number of aromatic nitrogens is 3. The Balaban J connectivity index is 1.95. The predicted octanol–water partition coefficient (Wildman–Crippen LogP) is 0.909. The van der Waals surface area contributed by atoms with Gasteiger partial charge in [0.25, 0.3) is 11.8 Å². The van der Waals surface area contributed by atoms with Crippen LogP contribution >= 0.6 is 0 Å². The standard InChI is InChI=1S/C12H10N4O2/c1-7-8(5-14-15-7)6-16-11(17)9-3-2-4-13-10(9)12(16)18/h2-5H,6H2,1H3,(H,14,15). The molecule has 0 spiro atoms. The van der Waals surface area contributed by atoms with Crippen LogP contribution in [0.3, 0.4) is 0 Å². The number of amides is 2. The van der Waals surface area contributed by atoms with Gasteiger partial charge in [0.2, 0.25) is 0 Å². The molecule has 1 aliphatic rings. The SMILES string of the molecule is Cc1[nH]ncc1CN1C(=O)c2cccnc2C1=O. The quantitative estimate of drug-likeness (QED) is 0.794. The number of imide groups is 1. The Morgan fingerprint density at radius 1 is 1.33 bits per heavy atom. The van der Waals surface area contributed by atoms with Crippen LogP contribution in [-0.4, -0.2) is 31.9 Å². The summed E-state index contributed by atoms with van der Waals surface area (Å²) in [6.45, 7) is 2.06. The van der Waals surface area contributed by atoms with Crippen molar-refractivity contribution in [1.82, 2.24) is 20.1 Å². The number of nitrogens with one attached hydrogen (secondary N) is 1. The van der Waals surface area contributed by atoms with Crippen molar-refractivity contribution in [2.24, 2.45) is 0 Å². The van der Waals surface area contributed by atoms with E-state index < -0.39 is 0 Å². The minimum absolute atomic E-state index is 0.219. The van der Waals surface area contributed by atoms with E-state index in [1.54, 1.807) is 18.3 Å². The maximum atomic E-state index is 12.1. The Morgan fingerprint density at radius 2 is 2.17 bits per heavy atom. The summed E-state index contributed by atoms with van der Waals surface area (Å²) in [6.07, 6.45) is 3.13. The van der Waals surface area contributed by atoms with Crippen molar-refractivity contribution in [3.8, 4) is 0 Å². The summed E-state index contributed by atoms with van der Waals surface area (Å²) in [5.74, 6) is -0.653. The lowest BCUT2D eigenvalue weighted by Crippen LogP contribution is -2.29. The molecule has 3 rings (SSSR count). The molecule has 0 aromatic carbocycles. The van der Waals surface area contributed by atoms with Crippen LogP contribution in [0.1, 0.15) is 32.1 Å². The highest BCUT2D eigenvalue weighted by molar-refractivity contribution is 6.20. The smallest absolute Gasteiger partial charge is 0.280 e. The number of hydrogen-bond acceptors (Lipinski definition) is 4. The lowest BCUT2D eigenvalue weighted by atomic mass is 10.2. The zero-order valence-corrected chi connectivity index (χ0v) is 9.67. The largest absolute Gasteiger partial charge is 0.283 e. The van der Waals surface area contributed by atoms with Crippen molar-refractivity contribution in [2.45, 2.75) is 13.5 Å². The summed E-state index contributed by atoms with van der Waals surface area (Å²) < 4.78 is 0. The van der Waals surface area contributed by atoms with E-state index in [1.165, 1.54) is 11.1 Å². The molecule has 6 nitrogen and oxygen atoms in total. The van der Waals surface area contributed by atoms with Gasteiger partial charge >= 0.3 is 0 Å². The van der Waals surface area contributed by atoms with E-state index in [4.69, 9.17) is 0 Å². The summed E-state index contributed by atoms with van der Waals surface area (Å²) in [5, 5.41) is 6.65. The molecule has 1 aliphatic heterocycles. The number of nitrogens with zero attached hydrogens (tertiary/aromatic N) is 3. The summed E-state index contributed by atoms with van der Waals surface area (Å²) in [5.41, 5.74) is 2.26. The number of fused-ring (bicyclic) bond motifs is 1. The molecular formula is C12H10N4O2. The third-order valence-electron chi connectivity index (χ3n) is 2.99. The normalized spacial score (nSPS) is 14.2. The van der Waals surface area contributed by atoms with Crippen molar-refractivity contribution in [3.05, 3.63) is 47.0 Å². The maximum Gasteiger partial charge on any atom is 0.280 e. The number of H-pyrrole nitrogens is 1. The van der Waals surface area contributed by atoms with Crippen molar-refractivity contribution in [1.29, 1.82) is 0 Å². The molecule has 2 aromatic rings. The Morgan fingerprint density at radius 3 is 2.83 bits per heavy atom. The molecule has 0 bridgehead atoms. The van der Waals surface area contributed by atoms with Gasteiger partial charge in [0.1, 0.15) is 5.69 Å². The fourth-order valence-corrected chi connectivity index (χ4v) is 1.96. The highest BCUT2D eigenvalue weighted by Crippen LogP contribution is 2.22. The van der Waals surface area contributed by atoms with E-state index >= 15 is 0 Å². The van der Waals surface area contributed by atoms with Crippen molar-refractivity contribution >= 4 is 11.8 Å². The summed E-state index contributed by atoms with van der Waals surface area (Å²) in [7, 11) is 0. The lowest BCUT2D eigenvalue weighted by molar-refractivity contribution is 0.0640. The summed E-state index contributed by atoms with van der Waals surface area (Å²) >= 11 is 0. The molecule has 90 valence electrons. The molecule has 0 fully saturated rings.